The van der Waals surface area contributed by atoms with Gasteiger partial charge >= 0.3 is 18.3 Å². The van der Waals surface area contributed by atoms with Crippen molar-refractivity contribution in [3.63, 3.8) is 0 Å². The summed E-state index contributed by atoms with van der Waals surface area (Å²) < 4.78 is 91.9. The molecule has 0 radical (unpaired) electrons. The van der Waals surface area contributed by atoms with Crippen molar-refractivity contribution in [2.75, 3.05) is 17.3 Å². The van der Waals surface area contributed by atoms with E-state index in [4.69, 9.17) is 17.3 Å². The molecule has 2 heterocycles. The first kappa shape index (κ1) is 33.4. The highest BCUT2D eigenvalue weighted by Gasteiger charge is 2.41. The minimum atomic E-state index is -5.02. The van der Waals surface area contributed by atoms with E-state index in [9.17, 15) is 44.9 Å². The van der Waals surface area contributed by atoms with Crippen molar-refractivity contribution in [1.29, 1.82) is 0 Å². The molecule has 0 spiro atoms. The number of nitrogens with one attached hydrogen (secondary N) is 1. The van der Waals surface area contributed by atoms with Gasteiger partial charge in [-0.2, -0.15) is 26.3 Å². The van der Waals surface area contributed by atoms with Crippen LogP contribution in [-0.2, 0) is 32.7 Å². The first-order valence-electron chi connectivity index (χ1n) is 12.0. The quantitative estimate of drug-likeness (QED) is 0.153. The summed E-state index contributed by atoms with van der Waals surface area (Å²) in [5, 5.41) is 12.9. The van der Waals surface area contributed by atoms with Crippen LogP contribution in [0.4, 0.5) is 32.0 Å². The van der Waals surface area contributed by atoms with E-state index in [1.807, 2.05) is 0 Å². The fourth-order valence-corrected chi connectivity index (χ4v) is 7.01. The number of rotatable bonds is 8. The molecule has 4 rings (SSSR count). The molecule has 7 nitrogen and oxygen atoms in total. The monoisotopic (exact) mass is 692 g/mol. The van der Waals surface area contributed by atoms with E-state index >= 15 is 0 Å². The Morgan fingerprint density at radius 3 is 2.14 bits per heavy atom. The van der Waals surface area contributed by atoms with Gasteiger partial charge in [-0.15, -0.1) is 11.3 Å². The van der Waals surface area contributed by atoms with Gasteiger partial charge in [-0.3, -0.25) is 18.7 Å². The van der Waals surface area contributed by atoms with Gasteiger partial charge in [-0.1, -0.05) is 24.0 Å². The molecule has 1 aliphatic heterocycles. The van der Waals surface area contributed by atoms with Crippen LogP contribution in [0.15, 0.2) is 58.8 Å². The zero-order valence-corrected chi connectivity index (χ0v) is 25.3. The second-order valence-electron chi connectivity index (χ2n) is 9.21. The van der Waals surface area contributed by atoms with Crippen LogP contribution in [0, 0.1) is 0 Å². The zero-order valence-electron chi connectivity index (χ0n) is 22.0. The van der Waals surface area contributed by atoms with Crippen molar-refractivity contribution in [2.45, 2.75) is 18.4 Å². The number of carboxylic acid groups (broad SMARTS) is 1. The Morgan fingerprint density at radius 1 is 1.02 bits per heavy atom. The molecule has 0 bridgehead atoms. The molecule has 1 fully saturated rings. The maximum atomic E-state index is 13.4. The Hall–Kier alpha value is -3.54. The molecule has 2 amide bonds. The third-order valence-corrected chi connectivity index (χ3v) is 9.04. The van der Waals surface area contributed by atoms with Gasteiger partial charge in [-0.05, 0) is 71.1 Å². The summed E-state index contributed by atoms with van der Waals surface area (Å²) in [5.41, 5.74) is -3.02. The number of hydrogen-bond donors (Lipinski definition) is 2. The SMILES string of the molecule is CS(=O)C[C@@H](C(=O)Nc1ccc(C(=O)O)cc1)N1C(=O)/C(=C/c2cc(-c3cc(C(F)(F)F)cc(C(F)(F)F)c3)cs2)SC1=S. The molecule has 2 atom stereocenters. The van der Waals surface area contributed by atoms with E-state index < -0.39 is 58.1 Å². The van der Waals surface area contributed by atoms with Gasteiger partial charge < -0.3 is 10.4 Å². The largest absolute Gasteiger partial charge is 0.478 e. The maximum absolute atomic E-state index is 13.4. The molecule has 44 heavy (non-hydrogen) atoms. The van der Waals surface area contributed by atoms with Crippen molar-refractivity contribution in [3.05, 3.63) is 80.4 Å². The van der Waals surface area contributed by atoms with E-state index in [0.29, 0.717) is 17.0 Å². The molecular formula is C27H18F6N2O5S4. The van der Waals surface area contributed by atoms with E-state index in [2.05, 4.69) is 5.32 Å². The summed E-state index contributed by atoms with van der Waals surface area (Å²) in [6.45, 7) is 0. The van der Waals surface area contributed by atoms with Crippen molar-refractivity contribution in [1.82, 2.24) is 4.90 Å². The number of benzene rings is 2. The van der Waals surface area contributed by atoms with Crippen LogP contribution in [0.1, 0.15) is 26.4 Å². The summed E-state index contributed by atoms with van der Waals surface area (Å²) in [5.74, 6) is -2.94. The molecule has 0 saturated carbocycles. The number of thioether (sulfide) groups is 1. The molecular weight excluding hydrogens is 675 g/mol. The van der Waals surface area contributed by atoms with Gasteiger partial charge in [0.15, 0.2) is 0 Å². The van der Waals surface area contributed by atoms with Crippen LogP contribution >= 0.6 is 35.3 Å². The highest BCUT2D eigenvalue weighted by molar-refractivity contribution is 8.26. The van der Waals surface area contributed by atoms with Gasteiger partial charge in [-0.25, -0.2) is 4.79 Å². The summed E-state index contributed by atoms with van der Waals surface area (Å²) in [6.07, 6.45) is -7.37. The van der Waals surface area contributed by atoms with E-state index in [1.54, 1.807) is 0 Å². The first-order chi connectivity index (χ1) is 20.4. The number of halogens is 6. The highest BCUT2D eigenvalue weighted by atomic mass is 32.2. The normalized spacial score (nSPS) is 16.3. The molecule has 2 aromatic carbocycles. The lowest BCUT2D eigenvalue weighted by molar-refractivity contribution is -0.143. The van der Waals surface area contributed by atoms with Crippen LogP contribution in [-0.4, -0.2) is 54.4 Å². The fraction of sp³-hybridized carbons (Fsp3) is 0.185. The molecule has 3 aromatic rings. The smallest absolute Gasteiger partial charge is 0.416 e. The Morgan fingerprint density at radius 2 is 1.61 bits per heavy atom. The average molecular weight is 693 g/mol. The second kappa shape index (κ2) is 12.8. The second-order valence-corrected chi connectivity index (χ2v) is 13.3. The molecule has 2 N–H and O–H groups in total. The number of anilines is 1. The molecule has 1 aliphatic rings. The zero-order chi connectivity index (χ0) is 32.6. The average Bonchev–Trinajstić information content (AvgIpc) is 3.50. The van der Waals surface area contributed by atoms with Crippen LogP contribution < -0.4 is 5.32 Å². The Labute approximate surface area is 261 Å². The van der Waals surface area contributed by atoms with Crippen molar-refractivity contribution in [3.8, 4) is 11.1 Å². The van der Waals surface area contributed by atoms with E-state index in [1.165, 1.54) is 48.0 Å². The van der Waals surface area contributed by atoms with Crippen molar-refractivity contribution < 1.29 is 50.0 Å². The minimum absolute atomic E-state index is 0.0221. The van der Waals surface area contributed by atoms with Crippen LogP contribution in [0.25, 0.3) is 17.2 Å². The van der Waals surface area contributed by atoms with E-state index in [-0.39, 0.29) is 43.4 Å². The third-order valence-electron chi connectivity index (χ3n) is 6.04. The predicted octanol–water partition coefficient (Wildman–Crippen LogP) is 6.74. The third kappa shape index (κ3) is 7.75. The number of carbonyl (C=O) groups is 3. The number of thiocarbonyl (C=S) groups is 1. The number of carbonyl (C=O) groups excluding carboxylic acids is 2. The number of hydrogen-bond acceptors (Lipinski definition) is 7. The molecule has 232 valence electrons. The lowest BCUT2D eigenvalue weighted by atomic mass is 10.0. The van der Waals surface area contributed by atoms with Crippen LogP contribution in [0.5, 0.6) is 0 Å². The lowest BCUT2D eigenvalue weighted by Crippen LogP contribution is -2.49. The van der Waals surface area contributed by atoms with Gasteiger partial charge in [0.1, 0.15) is 10.4 Å². The topological polar surface area (TPSA) is 104 Å². The Kier molecular flexibility index (Phi) is 9.72. The van der Waals surface area contributed by atoms with Gasteiger partial charge in [0.2, 0.25) is 5.91 Å². The number of amides is 2. The standard InChI is InChI=1S/C27H18F6N2O5S4/c1-44(40)12-20(22(36)34-18-4-2-13(3-5-18)24(38)39)35-23(37)21(43-25(35)41)10-19-8-15(11-42-19)14-6-16(26(28,29)30)9-17(7-14)27(31,32)33/h2-11,20H,12H2,1H3,(H,34,36)(H,38,39)/b21-10-/t20-,44?/m0/s1. The fourth-order valence-electron chi connectivity index (χ4n) is 3.99. The number of aromatic carboxylic acids is 1. The molecule has 1 aromatic heterocycles. The summed E-state index contributed by atoms with van der Waals surface area (Å²) >= 11 is 7.09. The number of alkyl halides is 6. The molecule has 1 unspecified atom stereocenters. The minimum Gasteiger partial charge on any atom is -0.478 e. The van der Waals surface area contributed by atoms with Gasteiger partial charge in [0.05, 0.1) is 27.3 Å². The maximum Gasteiger partial charge on any atom is 0.416 e. The van der Waals surface area contributed by atoms with Crippen molar-refractivity contribution in [2.24, 2.45) is 0 Å². The molecule has 0 aliphatic carbocycles. The van der Waals surface area contributed by atoms with E-state index in [0.717, 1.165) is 28.0 Å². The van der Waals surface area contributed by atoms with Gasteiger partial charge in [0, 0.05) is 27.6 Å². The Bertz CT molecular complexity index is 1670. The molecule has 1 saturated heterocycles. The van der Waals surface area contributed by atoms with Crippen molar-refractivity contribution >= 4 is 80.0 Å². The summed E-state index contributed by atoms with van der Waals surface area (Å²) in [6, 6.07) is 6.42. The predicted molar refractivity (Wildman–Crippen MR) is 160 cm³/mol. The highest BCUT2D eigenvalue weighted by Crippen LogP contribution is 2.40. The summed E-state index contributed by atoms with van der Waals surface area (Å²) in [7, 11) is -1.57. The molecule has 17 heteroatoms. The van der Waals surface area contributed by atoms with Crippen LogP contribution in [0.3, 0.4) is 0 Å². The van der Waals surface area contributed by atoms with Crippen LogP contribution in [0.2, 0.25) is 0 Å². The summed E-state index contributed by atoms with van der Waals surface area (Å²) in [4.78, 5) is 38.9. The lowest BCUT2D eigenvalue weighted by Gasteiger charge is -2.25. The number of nitrogens with zero attached hydrogens (tertiary/aromatic N) is 1. The number of carboxylic acids is 1. The Balaban J connectivity index is 1.60. The number of thiophene rings is 1. The van der Waals surface area contributed by atoms with Gasteiger partial charge in [0.25, 0.3) is 5.91 Å². The first-order valence-corrected chi connectivity index (χ1v) is 15.9.